The molecule has 0 saturated carbocycles. The zero-order chi connectivity index (χ0) is 23.3. The van der Waals surface area contributed by atoms with Gasteiger partial charge >= 0.3 is 0 Å². The Labute approximate surface area is 200 Å². The van der Waals surface area contributed by atoms with Crippen LogP contribution in [-0.2, 0) is 0 Å². The Balaban J connectivity index is 1.45. The van der Waals surface area contributed by atoms with Crippen molar-refractivity contribution in [1.82, 2.24) is 0 Å². The minimum Gasteiger partial charge on any atom is -0.0620 e. The van der Waals surface area contributed by atoms with Crippen molar-refractivity contribution in [3.05, 3.63) is 130 Å². The molecular formula is C32H32Si. The molecule has 0 amide bonds. The molecule has 1 heteroatoms. The lowest BCUT2D eigenvalue weighted by Crippen LogP contribution is -2.52. The fourth-order valence-corrected chi connectivity index (χ4v) is 6.26. The molecule has 4 rings (SSSR count). The van der Waals surface area contributed by atoms with Crippen molar-refractivity contribution < 1.29 is 0 Å². The second-order valence-corrected chi connectivity index (χ2v) is 13.8. The molecule has 0 aromatic heterocycles. The third-order valence-corrected chi connectivity index (χ3v) is 9.91. The minimum absolute atomic E-state index is 1.23. The van der Waals surface area contributed by atoms with Gasteiger partial charge in [-0.3, -0.25) is 0 Å². The van der Waals surface area contributed by atoms with Crippen LogP contribution >= 0.6 is 0 Å². The Morgan fingerprint density at radius 1 is 0.394 bits per heavy atom. The number of hydrogen-bond donors (Lipinski definition) is 0. The van der Waals surface area contributed by atoms with E-state index < -0.39 is 8.07 Å². The molecule has 0 heterocycles. The van der Waals surface area contributed by atoms with E-state index in [2.05, 4.69) is 148 Å². The van der Waals surface area contributed by atoms with Crippen LogP contribution in [0.3, 0.4) is 0 Å². The molecule has 0 N–H and O–H groups in total. The molecule has 0 aliphatic carbocycles. The van der Waals surface area contributed by atoms with Crippen LogP contribution in [0.25, 0.3) is 24.3 Å². The highest BCUT2D eigenvalue weighted by atomic mass is 28.3. The minimum atomic E-state index is -1.74. The van der Waals surface area contributed by atoms with Crippen molar-refractivity contribution in [2.75, 3.05) is 0 Å². The summed E-state index contributed by atoms with van der Waals surface area (Å²) in [4.78, 5) is 0. The molecule has 4 aromatic rings. The van der Waals surface area contributed by atoms with Crippen LogP contribution in [0.1, 0.15) is 33.4 Å². The fourth-order valence-electron chi connectivity index (χ4n) is 3.93. The van der Waals surface area contributed by atoms with E-state index in [0.717, 1.165) is 0 Å². The van der Waals surface area contributed by atoms with Gasteiger partial charge in [0.15, 0.2) is 0 Å². The van der Waals surface area contributed by atoms with Crippen LogP contribution in [0.2, 0.25) is 13.1 Å². The predicted molar refractivity (Wildman–Crippen MR) is 150 cm³/mol. The molecule has 164 valence electrons. The molecule has 0 fully saturated rings. The largest absolute Gasteiger partial charge is 0.112 e. The van der Waals surface area contributed by atoms with Gasteiger partial charge in [0.05, 0.1) is 0 Å². The van der Waals surface area contributed by atoms with Crippen molar-refractivity contribution >= 4 is 42.8 Å². The van der Waals surface area contributed by atoms with E-state index in [4.69, 9.17) is 0 Å². The molecule has 0 saturated heterocycles. The lowest BCUT2D eigenvalue weighted by molar-refractivity contribution is 1.46. The normalized spacial score (nSPS) is 12.0. The number of benzene rings is 4. The SMILES string of the molecule is Cc1ccc(/C=C/c2ccc([Si](C)(C)c3ccc(/C=C/c4ccc(C)cc4)cc3)cc2)cc1. The number of aryl methyl sites for hydroxylation is 2. The number of rotatable bonds is 6. The summed E-state index contributed by atoms with van der Waals surface area (Å²) in [5, 5.41) is 2.91. The van der Waals surface area contributed by atoms with Gasteiger partial charge in [-0.15, -0.1) is 0 Å². The van der Waals surface area contributed by atoms with Gasteiger partial charge in [-0.1, -0.05) is 156 Å². The molecule has 0 radical (unpaired) electrons. The molecule has 0 aliphatic heterocycles. The quantitative estimate of drug-likeness (QED) is 0.214. The molecular weight excluding hydrogens is 412 g/mol. The zero-order valence-electron chi connectivity index (χ0n) is 20.0. The predicted octanol–water partition coefficient (Wildman–Crippen LogP) is 7.47. The highest BCUT2D eigenvalue weighted by molar-refractivity contribution is 7.00. The van der Waals surface area contributed by atoms with Crippen LogP contribution in [0.5, 0.6) is 0 Å². The van der Waals surface area contributed by atoms with Crippen LogP contribution in [0, 0.1) is 13.8 Å². The first-order valence-corrected chi connectivity index (χ1v) is 14.6. The number of hydrogen-bond acceptors (Lipinski definition) is 0. The van der Waals surface area contributed by atoms with Gasteiger partial charge in [0.2, 0.25) is 0 Å². The summed E-state index contributed by atoms with van der Waals surface area (Å²) in [5.74, 6) is 0. The third kappa shape index (κ3) is 5.88. The first-order chi connectivity index (χ1) is 15.9. The third-order valence-electron chi connectivity index (χ3n) is 6.36. The van der Waals surface area contributed by atoms with E-state index in [1.165, 1.54) is 43.8 Å². The summed E-state index contributed by atoms with van der Waals surface area (Å²) in [7, 11) is -1.74. The van der Waals surface area contributed by atoms with E-state index in [1.54, 1.807) is 0 Å². The average molecular weight is 445 g/mol. The van der Waals surface area contributed by atoms with Gasteiger partial charge in [0, 0.05) is 0 Å². The monoisotopic (exact) mass is 444 g/mol. The molecule has 0 spiro atoms. The van der Waals surface area contributed by atoms with E-state index in [-0.39, 0.29) is 0 Å². The molecule has 0 nitrogen and oxygen atoms in total. The summed E-state index contributed by atoms with van der Waals surface area (Å²) < 4.78 is 0. The second-order valence-electron chi connectivity index (χ2n) is 9.36. The highest BCUT2D eigenvalue weighted by Gasteiger charge is 2.25. The Morgan fingerprint density at radius 2 is 0.636 bits per heavy atom. The highest BCUT2D eigenvalue weighted by Crippen LogP contribution is 2.13. The van der Waals surface area contributed by atoms with Crippen LogP contribution in [-0.4, -0.2) is 8.07 Å². The second kappa shape index (κ2) is 10.0. The van der Waals surface area contributed by atoms with Gasteiger partial charge in [-0.25, -0.2) is 0 Å². The van der Waals surface area contributed by atoms with Gasteiger partial charge in [0.25, 0.3) is 0 Å². The fraction of sp³-hybridized carbons (Fsp3) is 0.125. The van der Waals surface area contributed by atoms with Crippen molar-refractivity contribution in [3.8, 4) is 0 Å². The van der Waals surface area contributed by atoms with E-state index >= 15 is 0 Å². The van der Waals surface area contributed by atoms with Crippen LogP contribution in [0.4, 0.5) is 0 Å². The van der Waals surface area contributed by atoms with Gasteiger partial charge in [-0.05, 0) is 36.1 Å². The maximum atomic E-state index is 2.43. The van der Waals surface area contributed by atoms with E-state index in [1.807, 2.05) is 0 Å². The van der Waals surface area contributed by atoms with Gasteiger partial charge in [-0.2, -0.15) is 0 Å². The molecule has 0 aliphatic rings. The van der Waals surface area contributed by atoms with Crippen molar-refractivity contribution in [3.63, 3.8) is 0 Å². The standard InChI is InChI=1S/C32H32Si/c1-25-5-9-27(10-6-25)13-15-29-17-21-31(22-18-29)33(3,4)32-23-19-30(20-24-32)16-14-28-11-7-26(2)8-12-28/h5-24H,1-4H3/b15-13+,16-14+. The smallest absolute Gasteiger partial charge is 0.0620 e. The van der Waals surface area contributed by atoms with Crippen molar-refractivity contribution in [1.29, 1.82) is 0 Å². The van der Waals surface area contributed by atoms with E-state index in [0.29, 0.717) is 0 Å². The summed E-state index contributed by atoms with van der Waals surface area (Å²) in [5.41, 5.74) is 7.52. The maximum absolute atomic E-state index is 2.43. The molecule has 0 atom stereocenters. The molecule has 0 bridgehead atoms. The summed E-state index contributed by atoms with van der Waals surface area (Å²) in [6.07, 6.45) is 8.75. The van der Waals surface area contributed by atoms with Crippen molar-refractivity contribution in [2.45, 2.75) is 26.9 Å². The van der Waals surface area contributed by atoms with E-state index in [9.17, 15) is 0 Å². The van der Waals surface area contributed by atoms with Crippen LogP contribution < -0.4 is 10.4 Å². The topological polar surface area (TPSA) is 0 Å². The lowest BCUT2D eigenvalue weighted by atomic mass is 10.1. The van der Waals surface area contributed by atoms with Crippen LogP contribution in [0.15, 0.2) is 97.1 Å². The summed E-state index contributed by atoms with van der Waals surface area (Å²) >= 11 is 0. The Bertz CT molecular complexity index is 1140. The lowest BCUT2D eigenvalue weighted by Gasteiger charge is -2.24. The maximum Gasteiger partial charge on any atom is 0.112 e. The summed E-state index contributed by atoms with van der Waals surface area (Å²) in [6, 6.07) is 35.5. The van der Waals surface area contributed by atoms with Crippen molar-refractivity contribution in [2.24, 2.45) is 0 Å². The zero-order valence-corrected chi connectivity index (χ0v) is 21.0. The Kier molecular flexibility index (Phi) is 6.91. The summed E-state index contributed by atoms with van der Waals surface area (Å²) in [6.45, 7) is 9.10. The first kappa shape index (κ1) is 22.8. The molecule has 33 heavy (non-hydrogen) atoms. The molecule has 4 aromatic carbocycles. The average Bonchev–Trinajstić information content (AvgIpc) is 2.84. The Morgan fingerprint density at radius 3 is 0.909 bits per heavy atom. The Hall–Kier alpha value is -3.42. The first-order valence-electron chi connectivity index (χ1n) is 11.6. The van der Waals surface area contributed by atoms with Gasteiger partial charge < -0.3 is 0 Å². The molecule has 0 unspecified atom stereocenters. The van der Waals surface area contributed by atoms with Gasteiger partial charge in [0.1, 0.15) is 8.07 Å².